The van der Waals surface area contributed by atoms with Gasteiger partial charge in [0.1, 0.15) is 6.04 Å². The third-order valence-corrected chi connectivity index (χ3v) is 14.2. The zero-order valence-electron chi connectivity index (χ0n) is 25.2. The molecule has 0 radical (unpaired) electrons. The van der Waals surface area contributed by atoms with Crippen molar-refractivity contribution in [3.63, 3.8) is 0 Å². The van der Waals surface area contributed by atoms with Crippen molar-refractivity contribution in [3.05, 3.63) is 96.1 Å². The Morgan fingerprint density at radius 3 is 2.12 bits per heavy atom. The second-order valence-corrected chi connectivity index (χ2v) is 17.2. The third kappa shape index (κ3) is 6.48. The maximum atomic E-state index is 13.1. The molecule has 2 saturated heterocycles. The number of benzene rings is 3. The Morgan fingerprint density at radius 2 is 1.53 bits per heavy atom. The highest BCUT2D eigenvalue weighted by Gasteiger charge is 2.52. The van der Waals surface area contributed by atoms with Crippen molar-refractivity contribution >= 4 is 30.6 Å². The van der Waals surface area contributed by atoms with Gasteiger partial charge in [-0.15, -0.1) is 0 Å². The standard InChI is InChI=1S/C35H43NO6Si/c1-35(2,3)43(26-13-6-4-7-14-26,27-15-8-5-9-16-27)41-20-19-24-11-10-12-25(21-24)22-28-30-17-18-31(42-30)32(28)33(38)36-29(23-37)34(39)40/h4-16,21,28-32,37H,17-20,22-23H2,1-3H3,(H,36,38)(H,39,40). The van der Waals surface area contributed by atoms with Crippen molar-refractivity contribution in [3.8, 4) is 0 Å². The molecule has 2 aliphatic heterocycles. The fourth-order valence-electron chi connectivity index (χ4n) is 7.12. The molecule has 2 heterocycles. The number of hydrogen-bond acceptors (Lipinski definition) is 5. The topological polar surface area (TPSA) is 105 Å². The first-order chi connectivity index (χ1) is 20.6. The Kier molecular flexibility index (Phi) is 9.51. The van der Waals surface area contributed by atoms with Crippen LogP contribution < -0.4 is 15.7 Å². The first-order valence-electron chi connectivity index (χ1n) is 15.3. The molecule has 5 rings (SSSR count). The molecular formula is C35H43NO6Si. The van der Waals surface area contributed by atoms with Gasteiger partial charge in [-0.1, -0.05) is 106 Å². The Hall–Kier alpha value is -3.30. The van der Waals surface area contributed by atoms with Crippen molar-refractivity contribution in [2.24, 2.45) is 11.8 Å². The molecule has 43 heavy (non-hydrogen) atoms. The van der Waals surface area contributed by atoms with Gasteiger partial charge in [-0.25, -0.2) is 4.79 Å². The number of carbonyl (C=O) groups excluding carboxylic acids is 1. The summed E-state index contributed by atoms with van der Waals surface area (Å²) in [5, 5.41) is 23.7. The van der Waals surface area contributed by atoms with Crippen molar-refractivity contribution < 1.29 is 29.0 Å². The van der Waals surface area contributed by atoms with E-state index in [-0.39, 0.29) is 29.1 Å². The van der Waals surface area contributed by atoms with Crippen LogP contribution in [-0.4, -0.2) is 61.9 Å². The summed E-state index contributed by atoms with van der Waals surface area (Å²) >= 11 is 0. The van der Waals surface area contributed by atoms with Gasteiger partial charge in [0.2, 0.25) is 5.91 Å². The minimum Gasteiger partial charge on any atom is -0.480 e. The maximum Gasteiger partial charge on any atom is 0.328 e. The van der Waals surface area contributed by atoms with Crippen molar-refractivity contribution in [2.45, 2.75) is 69.7 Å². The van der Waals surface area contributed by atoms with Crippen LogP contribution in [0.1, 0.15) is 44.7 Å². The number of hydrogen-bond donors (Lipinski definition) is 3. The SMILES string of the molecule is CC(C)(C)[Si](OCCc1cccc(CC2C3CCC(O3)C2C(=O)NC(CO)C(=O)O)c1)(c1ccccc1)c1ccccc1. The normalized spacial score (nSPS) is 22.3. The van der Waals surface area contributed by atoms with Gasteiger partial charge in [0.25, 0.3) is 8.32 Å². The van der Waals surface area contributed by atoms with Crippen molar-refractivity contribution in [1.82, 2.24) is 5.32 Å². The lowest BCUT2D eigenvalue weighted by atomic mass is 9.75. The predicted molar refractivity (Wildman–Crippen MR) is 169 cm³/mol. The number of amides is 1. The van der Waals surface area contributed by atoms with Crippen LogP contribution in [0.5, 0.6) is 0 Å². The molecular weight excluding hydrogens is 558 g/mol. The van der Waals surface area contributed by atoms with Gasteiger partial charge in [-0.3, -0.25) is 4.79 Å². The van der Waals surface area contributed by atoms with Gasteiger partial charge in [-0.2, -0.15) is 0 Å². The van der Waals surface area contributed by atoms with Crippen LogP contribution in [0.3, 0.4) is 0 Å². The van der Waals surface area contributed by atoms with E-state index in [9.17, 15) is 19.8 Å². The molecule has 8 heteroatoms. The van der Waals surface area contributed by atoms with E-state index in [1.54, 1.807) is 0 Å². The van der Waals surface area contributed by atoms with Crippen LogP contribution in [-0.2, 0) is 31.6 Å². The number of aliphatic hydroxyl groups excluding tert-OH is 1. The molecule has 3 N–H and O–H groups in total. The van der Waals surface area contributed by atoms with Crippen LogP contribution in [0.15, 0.2) is 84.9 Å². The fourth-order valence-corrected chi connectivity index (χ4v) is 11.7. The van der Waals surface area contributed by atoms with Gasteiger partial charge in [0, 0.05) is 12.5 Å². The molecule has 0 aromatic heterocycles. The van der Waals surface area contributed by atoms with Crippen LogP contribution in [0, 0.1) is 11.8 Å². The molecule has 0 saturated carbocycles. The largest absolute Gasteiger partial charge is 0.480 e. The number of aliphatic carboxylic acids is 1. The molecule has 3 aromatic carbocycles. The van der Waals surface area contributed by atoms with E-state index >= 15 is 0 Å². The lowest BCUT2D eigenvalue weighted by Crippen LogP contribution is -2.66. The minimum absolute atomic E-state index is 0.0275. The zero-order valence-corrected chi connectivity index (χ0v) is 26.2. The lowest BCUT2D eigenvalue weighted by molar-refractivity contribution is -0.144. The Balaban J connectivity index is 1.32. The van der Waals surface area contributed by atoms with E-state index in [0.717, 1.165) is 24.8 Å². The molecule has 2 aliphatic rings. The summed E-state index contributed by atoms with van der Waals surface area (Å²) in [6.07, 6.45) is 2.86. The molecule has 3 aromatic rings. The van der Waals surface area contributed by atoms with Gasteiger partial charge in [-0.05, 0) is 52.2 Å². The number of nitrogens with one attached hydrogen (secondary N) is 1. The van der Waals surface area contributed by atoms with Gasteiger partial charge in [0.15, 0.2) is 0 Å². The van der Waals surface area contributed by atoms with Gasteiger partial charge in [0.05, 0.1) is 24.7 Å². The molecule has 2 fully saturated rings. The minimum atomic E-state index is -2.62. The molecule has 7 nitrogen and oxygen atoms in total. The average Bonchev–Trinajstić information content (AvgIpc) is 3.60. The second-order valence-electron chi connectivity index (χ2n) is 12.8. The first kappa shape index (κ1) is 31.1. The van der Waals surface area contributed by atoms with Crippen LogP contribution in [0.4, 0.5) is 0 Å². The number of carboxylic acids is 1. The van der Waals surface area contributed by atoms with E-state index in [2.05, 4.69) is 98.9 Å². The van der Waals surface area contributed by atoms with E-state index in [1.807, 2.05) is 12.1 Å². The molecule has 5 atom stereocenters. The highest BCUT2D eigenvalue weighted by molar-refractivity contribution is 6.99. The summed E-state index contributed by atoms with van der Waals surface area (Å²) in [6, 6.07) is 28.4. The number of fused-ring (bicyclic) bond motifs is 2. The fraction of sp³-hybridized carbons (Fsp3) is 0.429. The quantitative estimate of drug-likeness (QED) is 0.274. The summed E-state index contributed by atoms with van der Waals surface area (Å²) in [4.78, 5) is 24.5. The summed E-state index contributed by atoms with van der Waals surface area (Å²) in [6.45, 7) is 6.78. The number of carboxylic acid groups (broad SMARTS) is 1. The average molecular weight is 602 g/mol. The predicted octanol–water partition coefficient (Wildman–Crippen LogP) is 3.70. The summed E-state index contributed by atoms with van der Waals surface area (Å²) in [5.74, 6) is -2.08. The number of carbonyl (C=O) groups is 2. The monoisotopic (exact) mass is 601 g/mol. The molecule has 5 unspecified atom stereocenters. The van der Waals surface area contributed by atoms with Crippen molar-refractivity contribution in [1.29, 1.82) is 0 Å². The summed E-state index contributed by atoms with van der Waals surface area (Å²) in [5.41, 5.74) is 2.30. The van der Waals surface area contributed by atoms with Gasteiger partial charge >= 0.3 is 5.97 Å². The Labute approximate surface area is 255 Å². The Morgan fingerprint density at radius 1 is 0.930 bits per heavy atom. The van der Waals surface area contributed by atoms with E-state index < -0.39 is 32.9 Å². The molecule has 2 bridgehead atoms. The van der Waals surface area contributed by atoms with E-state index in [0.29, 0.717) is 13.0 Å². The maximum absolute atomic E-state index is 13.1. The Bertz CT molecular complexity index is 1350. The highest BCUT2D eigenvalue weighted by atomic mass is 28.4. The van der Waals surface area contributed by atoms with Crippen LogP contribution >= 0.6 is 0 Å². The smallest absolute Gasteiger partial charge is 0.328 e. The van der Waals surface area contributed by atoms with Crippen molar-refractivity contribution in [2.75, 3.05) is 13.2 Å². The third-order valence-electron chi connectivity index (χ3n) is 9.11. The number of aliphatic hydroxyl groups is 1. The van der Waals surface area contributed by atoms with Gasteiger partial charge < -0.3 is 24.7 Å². The highest BCUT2D eigenvalue weighted by Crippen LogP contribution is 2.45. The first-order valence-corrected chi connectivity index (χ1v) is 17.2. The van der Waals surface area contributed by atoms with Crippen LogP contribution in [0.2, 0.25) is 5.04 Å². The summed E-state index contributed by atoms with van der Waals surface area (Å²) in [7, 11) is -2.62. The molecule has 228 valence electrons. The number of rotatable bonds is 12. The molecule has 0 aliphatic carbocycles. The zero-order chi connectivity index (χ0) is 30.6. The summed E-state index contributed by atoms with van der Waals surface area (Å²) < 4.78 is 13.2. The van der Waals surface area contributed by atoms with E-state index in [4.69, 9.17) is 9.16 Å². The lowest BCUT2D eigenvalue weighted by Gasteiger charge is -2.43. The second kappa shape index (κ2) is 13.1. The van der Waals surface area contributed by atoms with Crippen LogP contribution in [0.25, 0.3) is 0 Å². The molecule has 1 amide bonds. The molecule has 0 spiro atoms. The van der Waals surface area contributed by atoms with E-state index in [1.165, 1.54) is 15.9 Å². The number of ether oxygens (including phenoxy) is 1.